The van der Waals surface area contributed by atoms with Gasteiger partial charge in [0.15, 0.2) is 14.9 Å². The standard InChI is InChI=1S/C10H18N2O4S2/c1-10(4-6-18(15,16)7-10)12-9(17)11-5-2-3-8(13)14/h2-7H2,1H3,(H,13,14)(H2,11,12,17)/t10-/m1/s1. The van der Waals surface area contributed by atoms with Crippen molar-refractivity contribution in [3.05, 3.63) is 0 Å². The van der Waals surface area contributed by atoms with Gasteiger partial charge in [-0.05, 0) is 32.0 Å². The highest BCUT2D eigenvalue weighted by Gasteiger charge is 2.38. The summed E-state index contributed by atoms with van der Waals surface area (Å²) in [5, 5.41) is 14.7. The van der Waals surface area contributed by atoms with Crippen LogP contribution in [0.5, 0.6) is 0 Å². The number of hydrogen-bond donors (Lipinski definition) is 3. The van der Waals surface area contributed by atoms with E-state index in [1.54, 1.807) is 0 Å². The molecule has 1 heterocycles. The minimum Gasteiger partial charge on any atom is -0.481 e. The van der Waals surface area contributed by atoms with Crippen molar-refractivity contribution in [2.75, 3.05) is 18.1 Å². The molecule has 1 rings (SSSR count). The number of thiocarbonyl (C=S) groups is 1. The fourth-order valence-corrected chi connectivity index (χ4v) is 4.31. The molecule has 1 fully saturated rings. The largest absolute Gasteiger partial charge is 0.481 e. The maximum Gasteiger partial charge on any atom is 0.303 e. The van der Waals surface area contributed by atoms with Crippen molar-refractivity contribution >= 4 is 33.1 Å². The van der Waals surface area contributed by atoms with E-state index in [1.807, 2.05) is 6.92 Å². The predicted octanol–water partition coefficient (Wildman–Crippen LogP) is -0.107. The van der Waals surface area contributed by atoms with E-state index in [4.69, 9.17) is 17.3 Å². The van der Waals surface area contributed by atoms with E-state index < -0.39 is 21.3 Å². The van der Waals surface area contributed by atoms with E-state index in [-0.39, 0.29) is 17.9 Å². The maximum absolute atomic E-state index is 11.4. The van der Waals surface area contributed by atoms with E-state index >= 15 is 0 Å². The van der Waals surface area contributed by atoms with Gasteiger partial charge in [0.25, 0.3) is 0 Å². The van der Waals surface area contributed by atoms with E-state index in [1.165, 1.54) is 0 Å². The van der Waals surface area contributed by atoms with Crippen LogP contribution in [-0.2, 0) is 14.6 Å². The second-order valence-electron chi connectivity index (χ2n) is 4.78. The topological polar surface area (TPSA) is 95.5 Å². The van der Waals surface area contributed by atoms with Crippen molar-refractivity contribution in [1.29, 1.82) is 0 Å². The summed E-state index contributed by atoms with van der Waals surface area (Å²) in [6.07, 6.45) is 1.10. The van der Waals surface area contributed by atoms with Crippen molar-refractivity contribution in [2.24, 2.45) is 0 Å². The molecular weight excluding hydrogens is 276 g/mol. The summed E-state index contributed by atoms with van der Waals surface area (Å²) >= 11 is 5.05. The molecule has 3 N–H and O–H groups in total. The Kier molecular flexibility index (Phi) is 4.92. The third-order valence-electron chi connectivity index (χ3n) is 2.77. The monoisotopic (exact) mass is 294 g/mol. The van der Waals surface area contributed by atoms with Crippen LogP contribution in [0, 0.1) is 0 Å². The Balaban J connectivity index is 2.30. The lowest BCUT2D eigenvalue weighted by atomic mass is 10.0. The molecule has 1 aliphatic rings. The zero-order chi connectivity index (χ0) is 13.8. The van der Waals surface area contributed by atoms with Gasteiger partial charge in [0.2, 0.25) is 0 Å². The number of carboxylic acid groups (broad SMARTS) is 1. The molecular formula is C10H18N2O4S2. The van der Waals surface area contributed by atoms with E-state index in [0.717, 1.165) is 0 Å². The third-order valence-corrected chi connectivity index (χ3v) is 4.92. The van der Waals surface area contributed by atoms with Crippen LogP contribution < -0.4 is 10.6 Å². The molecule has 6 nitrogen and oxygen atoms in total. The first kappa shape index (κ1) is 15.2. The van der Waals surface area contributed by atoms with Crippen LogP contribution in [0.2, 0.25) is 0 Å². The van der Waals surface area contributed by atoms with Crippen molar-refractivity contribution in [1.82, 2.24) is 10.6 Å². The Bertz CT molecular complexity index is 435. The Hall–Kier alpha value is -0.890. The number of nitrogens with one attached hydrogen (secondary N) is 2. The van der Waals surface area contributed by atoms with Crippen LogP contribution in [0.1, 0.15) is 26.2 Å². The quantitative estimate of drug-likeness (QED) is 0.481. The molecule has 0 saturated carbocycles. The second kappa shape index (κ2) is 5.83. The van der Waals surface area contributed by atoms with Crippen LogP contribution in [0.25, 0.3) is 0 Å². The summed E-state index contributed by atoms with van der Waals surface area (Å²) in [7, 11) is -2.96. The first-order valence-corrected chi connectivity index (χ1v) is 7.94. The van der Waals surface area contributed by atoms with Gasteiger partial charge in [-0.1, -0.05) is 0 Å². The lowest BCUT2D eigenvalue weighted by molar-refractivity contribution is -0.137. The average Bonchev–Trinajstić information content (AvgIpc) is 2.47. The molecule has 18 heavy (non-hydrogen) atoms. The summed E-state index contributed by atoms with van der Waals surface area (Å²) in [4.78, 5) is 10.3. The van der Waals surface area contributed by atoms with Crippen molar-refractivity contribution < 1.29 is 18.3 Å². The Morgan fingerprint density at radius 1 is 1.50 bits per heavy atom. The fraction of sp³-hybridized carbons (Fsp3) is 0.800. The van der Waals surface area contributed by atoms with Gasteiger partial charge >= 0.3 is 5.97 Å². The molecule has 0 unspecified atom stereocenters. The number of aliphatic carboxylic acids is 1. The van der Waals surface area contributed by atoms with Crippen molar-refractivity contribution in [2.45, 2.75) is 31.7 Å². The SMILES string of the molecule is C[C@@]1(NC(=S)NCCCC(=O)O)CCS(=O)(=O)C1. The highest BCUT2D eigenvalue weighted by atomic mass is 32.2. The summed E-state index contributed by atoms with van der Waals surface area (Å²) in [5.41, 5.74) is -0.518. The average molecular weight is 294 g/mol. The lowest BCUT2D eigenvalue weighted by Gasteiger charge is -2.25. The molecule has 0 aromatic carbocycles. The van der Waals surface area contributed by atoms with Gasteiger partial charge in [0, 0.05) is 13.0 Å². The first-order valence-electron chi connectivity index (χ1n) is 5.71. The van der Waals surface area contributed by atoms with E-state index in [0.29, 0.717) is 24.5 Å². The second-order valence-corrected chi connectivity index (χ2v) is 7.37. The predicted molar refractivity (Wildman–Crippen MR) is 72.3 cm³/mol. The van der Waals surface area contributed by atoms with Gasteiger partial charge in [-0.2, -0.15) is 0 Å². The molecule has 0 aliphatic carbocycles. The third kappa shape index (κ3) is 5.18. The van der Waals surface area contributed by atoms with Crippen LogP contribution in [0.3, 0.4) is 0 Å². The number of carbonyl (C=O) groups is 1. The minimum atomic E-state index is -2.96. The molecule has 0 spiro atoms. The van der Waals surface area contributed by atoms with Crippen molar-refractivity contribution in [3.8, 4) is 0 Å². The molecule has 0 aromatic heterocycles. The molecule has 104 valence electrons. The molecule has 0 bridgehead atoms. The van der Waals surface area contributed by atoms with Crippen LogP contribution in [0.15, 0.2) is 0 Å². The zero-order valence-electron chi connectivity index (χ0n) is 10.2. The molecule has 1 atom stereocenters. The highest BCUT2D eigenvalue weighted by molar-refractivity contribution is 7.91. The summed E-state index contributed by atoms with van der Waals surface area (Å²) in [6.45, 7) is 2.28. The molecule has 8 heteroatoms. The van der Waals surface area contributed by atoms with E-state index in [9.17, 15) is 13.2 Å². The van der Waals surface area contributed by atoms with Crippen LogP contribution >= 0.6 is 12.2 Å². The lowest BCUT2D eigenvalue weighted by Crippen LogP contribution is -2.51. The molecule has 0 amide bonds. The van der Waals surface area contributed by atoms with Crippen molar-refractivity contribution in [3.63, 3.8) is 0 Å². The first-order chi connectivity index (χ1) is 8.22. The molecule has 1 aliphatic heterocycles. The Labute approximate surface area is 112 Å². The molecule has 0 aromatic rings. The summed E-state index contributed by atoms with van der Waals surface area (Å²) in [6, 6.07) is 0. The van der Waals surface area contributed by atoms with Gasteiger partial charge in [-0.15, -0.1) is 0 Å². The van der Waals surface area contributed by atoms with Gasteiger partial charge in [-0.3, -0.25) is 4.79 Å². The van der Waals surface area contributed by atoms with Gasteiger partial charge < -0.3 is 15.7 Å². The summed E-state index contributed by atoms with van der Waals surface area (Å²) in [5.74, 6) is -0.584. The van der Waals surface area contributed by atoms with Gasteiger partial charge in [0.05, 0.1) is 17.0 Å². The molecule has 1 saturated heterocycles. The smallest absolute Gasteiger partial charge is 0.303 e. The normalized spacial score (nSPS) is 25.6. The number of hydrogen-bond acceptors (Lipinski definition) is 4. The highest BCUT2D eigenvalue weighted by Crippen LogP contribution is 2.22. The van der Waals surface area contributed by atoms with Crippen LogP contribution in [0.4, 0.5) is 0 Å². The maximum atomic E-state index is 11.4. The number of carboxylic acids is 1. The number of sulfone groups is 1. The van der Waals surface area contributed by atoms with Gasteiger partial charge in [-0.25, -0.2) is 8.42 Å². The number of rotatable bonds is 5. The van der Waals surface area contributed by atoms with E-state index in [2.05, 4.69) is 10.6 Å². The summed E-state index contributed by atoms with van der Waals surface area (Å²) < 4.78 is 22.8. The fourth-order valence-electron chi connectivity index (χ4n) is 1.87. The minimum absolute atomic E-state index is 0.0803. The Morgan fingerprint density at radius 3 is 2.67 bits per heavy atom. The van der Waals surface area contributed by atoms with Gasteiger partial charge in [0.1, 0.15) is 0 Å². The molecule has 0 radical (unpaired) electrons. The Morgan fingerprint density at radius 2 is 2.17 bits per heavy atom. The zero-order valence-corrected chi connectivity index (χ0v) is 11.9. The van der Waals surface area contributed by atoms with Crippen LogP contribution in [-0.4, -0.2) is 48.2 Å².